The molecule has 0 fully saturated rings. The Kier molecular flexibility index (Phi) is 5.59. The van der Waals surface area contributed by atoms with E-state index in [4.69, 9.17) is 4.74 Å². The minimum atomic E-state index is 0.0320. The van der Waals surface area contributed by atoms with Crippen molar-refractivity contribution in [3.63, 3.8) is 0 Å². The number of hydrogen-bond donors (Lipinski definition) is 1. The summed E-state index contributed by atoms with van der Waals surface area (Å²) in [5.74, 6) is 0.910. The molecule has 0 aliphatic rings. The highest BCUT2D eigenvalue weighted by Crippen LogP contribution is 2.17. The Hall–Kier alpha value is -2.29. The lowest BCUT2D eigenvalue weighted by Gasteiger charge is -2.16. The molecule has 0 aliphatic heterocycles. The number of rotatable bonds is 6. The van der Waals surface area contributed by atoms with E-state index >= 15 is 0 Å². The lowest BCUT2D eigenvalue weighted by Crippen LogP contribution is -2.27. The van der Waals surface area contributed by atoms with Gasteiger partial charge in [-0.05, 0) is 49.1 Å². The minimum Gasteiger partial charge on any atom is -0.497 e. The molecule has 0 bridgehead atoms. The quantitative estimate of drug-likeness (QED) is 0.880. The molecule has 1 amide bonds. The normalized spacial score (nSPS) is 11.8. The second kappa shape index (κ2) is 7.64. The SMILES string of the molecule is COc1ccc(CCC(=O)N[C@@H](C)c2ccccc2C)cc1. The van der Waals surface area contributed by atoms with Gasteiger partial charge in [-0.2, -0.15) is 0 Å². The van der Waals surface area contributed by atoms with Gasteiger partial charge < -0.3 is 10.1 Å². The number of carbonyl (C=O) groups excluding carboxylic acids is 1. The van der Waals surface area contributed by atoms with Gasteiger partial charge in [0.15, 0.2) is 0 Å². The molecule has 0 spiro atoms. The molecule has 116 valence electrons. The fraction of sp³-hybridized carbons (Fsp3) is 0.316. The van der Waals surface area contributed by atoms with E-state index in [2.05, 4.69) is 24.4 Å². The molecule has 0 aromatic heterocycles. The molecule has 2 aromatic rings. The number of benzene rings is 2. The average Bonchev–Trinajstić information content (AvgIpc) is 2.53. The molecular weight excluding hydrogens is 274 g/mol. The molecule has 0 saturated heterocycles. The molecule has 0 unspecified atom stereocenters. The van der Waals surface area contributed by atoms with Crippen molar-refractivity contribution in [2.24, 2.45) is 0 Å². The predicted molar refractivity (Wildman–Crippen MR) is 89.1 cm³/mol. The van der Waals surface area contributed by atoms with Crippen LogP contribution in [-0.4, -0.2) is 13.0 Å². The van der Waals surface area contributed by atoms with Crippen LogP contribution in [0.25, 0.3) is 0 Å². The van der Waals surface area contributed by atoms with Gasteiger partial charge in [0.05, 0.1) is 13.2 Å². The molecule has 2 aromatic carbocycles. The van der Waals surface area contributed by atoms with Gasteiger partial charge in [-0.15, -0.1) is 0 Å². The highest BCUT2D eigenvalue weighted by atomic mass is 16.5. The van der Waals surface area contributed by atoms with Crippen molar-refractivity contribution in [2.45, 2.75) is 32.7 Å². The lowest BCUT2D eigenvalue weighted by atomic mass is 10.0. The monoisotopic (exact) mass is 297 g/mol. The van der Waals surface area contributed by atoms with Gasteiger partial charge >= 0.3 is 0 Å². The molecule has 3 heteroatoms. The van der Waals surface area contributed by atoms with Gasteiger partial charge in [0.25, 0.3) is 0 Å². The van der Waals surface area contributed by atoms with Crippen molar-refractivity contribution < 1.29 is 9.53 Å². The van der Waals surface area contributed by atoms with Crippen molar-refractivity contribution in [3.8, 4) is 5.75 Å². The Balaban J connectivity index is 1.86. The Morgan fingerprint density at radius 3 is 2.45 bits per heavy atom. The summed E-state index contributed by atoms with van der Waals surface area (Å²) in [6, 6.07) is 16.0. The third kappa shape index (κ3) is 4.35. The van der Waals surface area contributed by atoms with E-state index in [-0.39, 0.29) is 11.9 Å². The second-order valence-electron chi connectivity index (χ2n) is 5.49. The van der Waals surface area contributed by atoms with Gasteiger partial charge in [0.1, 0.15) is 5.75 Å². The number of hydrogen-bond acceptors (Lipinski definition) is 2. The number of carbonyl (C=O) groups is 1. The molecule has 2 rings (SSSR count). The number of ether oxygens (including phenoxy) is 1. The van der Waals surface area contributed by atoms with Gasteiger partial charge in [0.2, 0.25) is 5.91 Å². The molecule has 0 heterocycles. The van der Waals surface area contributed by atoms with Crippen molar-refractivity contribution in [2.75, 3.05) is 7.11 Å². The Bertz CT molecular complexity index is 620. The molecule has 1 atom stereocenters. The molecular formula is C19H23NO2. The summed E-state index contributed by atoms with van der Waals surface area (Å²) in [7, 11) is 1.65. The van der Waals surface area contributed by atoms with Crippen LogP contribution in [-0.2, 0) is 11.2 Å². The number of amides is 1. The minimum absolute atomic E-state index is 0.0320. The van der Waals surface area contributed by atoms with Gasteiger partial charge in [-0.1, -0.05) is 36.4 Å². The molecule has 0 radical (unpaired) electrons. The summed E-state index contributed by atoms with van der Waals surface area (Å²) in [5, 5.41) is 3.07. The topological polar surface area (TPSA) is 38.3 Å². The van der Waals surface area contributed by atoms with E-state index in [0.717, 1.165) is 17.7 Å². The number of methoxy groups -OCH3 is 1. The first-order valence-corrected chi connectivity index (χ1v) is 7.58. The first-order valence-electron chi connectivity index (χ1n) is 7.58. The van der Waals surface area contributed by atoms with Crippen molar-refractivity contribution in [1.82, 2.24) is 5.32 Å². The lowest BCUT2D eigenvalue weighted by molar-refractivity contribution is -0.121. The highest BCUT2D eigenvalue weighted by Gasteiger charge is 2.11. The van der Waals surface area contributed by atoms with Crippen molar-refractivity contribution in [1.29, 1.82) is 0 Å². The third-order valence-corrected chi connectivity index (χ3v) is 3.83. The van der Waals surface area contributed by atoms with Crippen LogP contribution in [0.5, 0.6) is 5.75 Å². The van der Waals surface area contributed by atoms with Crippen LogP contribution in [0.2, 0.25) is 0 Å². The van der Waals surface area contributed by atoms with E-state index in [0.29, 0.717) is 6.42 Å². The largest absolute Gasteiger partial charge is 0.497 e. The van der Waals surface area contributed by atoms with Gasteiger partial charge in [0, 0.05) is 6.42 Å². The molecule has 0 saturated carbocycles. The second-order valence-corrected chi connectivity index (χ2v) is 5.49. The zero-order chi connectivity index (χ0) is 15.9. The van der Waals surface area contributed by atoms with E-state index < -0.39 is 0 Å². The van der Waals surface area contributed by atoms with Crippen LogP contribution >= 0.6 is 0 Å². The molecule has 1 N–H and O–H groups in total. The van der Waals surface area contributed by atoms with Crippen LogP contribution in [0.4, 0.5) is 0 Å². The van der Waals surface area contributed by atoms with Crippen LogP contribution in [0.3, 0.4) is 0 Å². The Labute approximate surface area is 132 Å². The maximum absolute atomic E-state index is 12.1. The first kappa shape index (κ1) is 16.1. The van der Waals surface area contributed by atoms with E-state index in [1.807, 2.05) is 43.3 Å². The fourth-order valence-corrected chi connectivity index (χ4v) is 2.51. The van der Waals surface area contributed by atoms with Crippen molar-refractivity contribution in [3.05, 3.63) is 65.2 Å². The Morgan fingerprint density at radius 1 is 1.14 bits per heavy atom. The zero-order valence-corrected chi connectivity index (χ0v) is 13.4. The smallest absolute Gasteiger partial charge is 0.220 e. The Morgan fingerprint density at radius 2 is 1.82 bits per heavy atom. The van der Waals surface area contributed by atoms with Gasteiger partial charge in [-0.25, -0.2) is 0 Å². The molecule has 3 nitrogen and oxygen atoms in total. The first-order chi connectivity index (χ1) is 10.6. The van der Waals surface area contributed by atoms with Crippen LogP contribution in [0, 0.1) is 6.92 Å². The average molecular weight is 297 g/mol. The summed E-state index contributed by atoms with van der Waals surface area (Å²) in [6.07, 6.45) is 1.22. The van der Waals surface area contributed by atoms with Gasteiger partial charge in [-0.3, -0.25) is 4.79 Å². The van der Waals surface area contributed by atoms with Crippen LogP contribution in [0.15, 0.2) is 48.5 Å². The van der Waals surface area contributed by atoms with Crippen LogP contribution < -0.4 is 10.1 Å². The highest BCUT2D eigenvalue weighted by molar-refractivity contribution is 5.76. The fourth-order valence-electron chi connectivity index (χ4n) is 2.51. The number of aryl methyl sites for hydroxylation is 2. The van der Waals surface area contributed by atoms with E-state index in [9.17, 15) is 4.79 Å². The zero-order valence-electron chi connectivity index (χ0n) is 13.4. The maximum Gasteiger partial charge on any atom is 0.220 e. The van der Waals surface area contributed by atoms with Crippen LogP contribution in [0.1, 0.15) is 36.1 Å². The van der Waals surface area contributed by atoms with E-state index in [1.54, 1.807) is 7.11 Å². The summed E-state index contributed by atoms with van der Waals surface area (Å²) in [6.45, 7) is 4.09. The van der Waals surface area contributed by atoms with E-state index in [1.165, 1.54) is 11.1 Å². The summed E-state index contributed by atoms with van der Waals surface area (Å²) in [4.78, 5) is 12.1. The summed E-state index contributed by atoms with van der Waals surface area (Å²) < 4.78 is 5.13. The summed E-state index contributed by atoms with van der Waals surface area (Å²) in [5.41, 5.74) is 3.50. The molecule has 0 aliphatic carbocycles. The predicted octanol–water partition coefficient (Wildman–Crippen LogP) is 3.81. The third-order valence-electron chi connectivity index (χ3n) is 3.83. The maximum atomic E-state index is 12.1. The number of nitrogens with one attached hydrogen (secondary N) is 1. The van der Waals surface area contributed by atoms with Crippen molar-refractivity contribution >= 4 is 5.91 Å². The summed E-state index contributed by atoms with van der Waals surface area (Å²) >= 11 is 0. The molecule has 22 heavy (non-hydrogen) atoms. The standard InChI is InChI=1S/C19H23NO2/c1-14-6-4-5-7-18(14)15(2)20-19(21)13-10-16-8-11-17(22-3)12-9-16/h4-9,11-12,15H,10,13H2,1-3H3,(H,20,21)/t15-/m0/s1.